The number of nitrogens with zero attached hydrogens (tertiary/aromatic N) is 5. The second kappa shape index (κ2) is 12.6. The van der Waals surface area contributed by atoms with E-state index in [9.17, 15) is 9.59 Å². The van der Waals surface area contributed by atoms with Gasteiger partial charge in [-0.1, -0.05) is 6.07 Å². The Balaban J connectivity index is 1.31. The van der Waals surface area contributed by atoms with E-state index in [1.54, 1.807) is 37.4 Å². The zero-order chi connectivity index (χ0) is 28.9. The highest BCUT2D eigenvalue weighted by Crippen LogP contribution is 2.38. The number of carbonyl (C=O) groups excluding carboxylic acids is 2. The van der Waals surface area contributed by atoms with Crippen LogP contribution in [0.25, 0.3) is 11.4 Å². The molecule has 0 unspecified atom stereocenters. The molecule has 1 saturated heterocycles. The van der Waals surface area contributed by atoms with Gasteiger partial charge in [-0.2, -0.15) is 4.80 Å². The van der Waals surface area contributed by atoms with Gasteiger partial charge >= 0.3 is 0 Å². The minimum Gasteiger partial charge on any atom is -0.497 e. The maximum absolute atomic E-state index is 14.1. The normalized spacial score (nSPS) is 16.5. The Morgan fingerprint density at radius 1 is 1.12 bits per heavy atom. The molecular weight excluding hydrogens is 560 g/mol. The van der Waals surface area contributed by atoms with Crippen molar-refractivity contribution in [3.63, 3.8) is 0 Å². The zero-order valence-electron chi connectivity index (χ0n) is 23.0. The summed E-state index contributed by atoms with van der Waals surface area (Å²) in [7, 11) is 1.59. The molecule has 0 radical (unpaired) electrons. The molecular formula is C29H30N6O6S. The molecule has 1 N–H and O–H groups in total. The molecule has 4 heterocycles. The minimum absolute atomic E-state index is 0.0490. The predicted molar refractivity (Wildman–Crippen MR) is 154 cm³/mol. The van der Waals surface area contributed by atoms with E-state index in [0.29, 0.717) is 60.0 Å². The van der Waals surface area contributed by atoms with Crippen molar-refractivity contribution < 1.29 is 28.5 Å². The summed E-state index contributed by atoms with van der Waals surface area (Å²) >= 11 is 1.39. The molecule has 4 aromatic rings. The van der Waals surface area contributed by atoms with E-state index in [-0.39, 0.29) is 18.6 Å². The van der Waals surface area contributed by atoms with Crippen molar-refractivity contribution in [3.05, 3.63) is 64.9 Å². The summed E-state index contributed by atoms with van der Waals surface area (Å²) in [6, 6.07) is 15.2. The van der Waals surface area contributed by atoms with Gasteiger partial charge in [0.2, 0.25) is 11.7 Å². The van der Waals surface area contributed by atoms with Gasteiger partial charge in [-0.05, 0) is 65.9 Å². The van der Waals surface area contributed by atoms with Crippen molar-refractivity contribution in [1.29, 1.82) is 0 Å². The van der Waals surface area contributed by atoms with E-state index in [4.69, 9.17) is 18.9 Å². The smallest absolute Gasteiger partial charge is 0.251 e. The van der Waals surface area contributed by atoms with Crippen molar-refractivity contribution in [2.45, 2.75) is 31.5 Å². The molecule has 2 aromatic heterocycles. The van der Waals surface area contributed by atoms with Crippen molar-refractivity contribution in [2.24, 2.45) is 0 Å². The van der Waals surface area contributed by atoms with Crippen LogP contribution in [0.15, 0.2) is 60.0 Å². The standard InChI is InChI=1S/C29H30N6O6S/c1-38-21-9-6-19(7-10-21)28-31-33-34(32-28)18-26(36)35(20-8-11-23-24(16-20)41-14-13-40-23)27(25-5-3-15-42-25)29(37)30-17-22-4-2-12-39-22/h3,5-11,15-16,22,27H,2,4,12-14,17-18H2,1H3,(H,30,37)/t22-,27-/m0/s1. The number of amides is 2. The zero-order valence-corrected chi connectivity index (χ0v) is 23.8. The van der Waals surface area contributed by atoms with Crippen LogP contribution < -0.4 is 24.4 Å². The molecule has 0 saturated carbocycles. The number of anilines is 1. The first-order valence-electron chi connectivity index (χ1n) is 13.7. The summed E-state index contributed by atoms with van der Waals surface area (Å²) < 4.78 is 22.4. The van der Waals surface area contributed by atoms with Gasteiger partial charge < -0.3 is 24.3 Å². The number of thiophene rings is 1. The largest absolute Gasteiger partial charge is 0.497 e. The van der Waals surface area contributed by atoms with Crippen LogP contribution in [0, 0.1) is 0 Å². The molecule has 0 aliphatic carbocycles. The van der Waals surface area contributed by atoms with Crippen molar-refractivity contribution in [1.82, 2.24) is 25.5 Å². The van der Waals surface area contributed by atoms with Crippen LogP contribution in [0.3, 0.4) is 0 Å². The Hall–Kier alpha value is -4.49. The number of rotatable bonds is 10. The third kappa shape index (κ3) is 6.06. The van der Waals surface area contributed by atoms with Gasteiger partial charge in [-0.15, -0.1) is 21.5 Å². The van der Waals surface area contributed by atoms with Crippen molar-refractivity contribution in [2.75, 3.05) is 38.4 Å². The van der Waals surface area contributed by atoms with Crippen LogP contribution in [0.5, 0.6) is 17.2 Å². The number of methoxy groups -OCH3 is 1. The van der Waals surface area contributed by atoms with E-state index in [1.807, 2.05) is 29.6 Å². The number of tetrazole rings is 1. The quantitative estimate of drug-likeness (QED) is 0.296. The van der Waals surface area contributed by atoms with Crippen LogP contribution in [-0.2, 0) is 20.9 Å². The van der Waals surface area contributed by atoms with Crippen LogP contribution >= 0.6 is 11.3 Å². The van der Waals surface area contributed by atoms with Crippen LogP contribution in [-0.4, -0.2) is 71.6 Å². The highest BCUT2D eigenvalue weighted by atomic mass is 32.1. The fourth-order valence-corrected chi connectivity index (χ4v) is 5.73. The second-order valence-electron chi connectivity index (χ2n) is 9.76. The number of aromatic nitrogens is 4. The number of fused-ring (bicyclic) bond motifs is 1. The Morgan fingerprint density at radius 3 is 2.69 bits per heavy atom. The Bertz CT molecular complexity index is 1520. The molecule has 1 fully saturated rings. The molecule has 2 amide bonds. The van der Waals surface area contributed by atoms with Crippen molar-refractivity contribution in [3.8, 4) is 28.6 Å². The molecule has 13 heteroatoms. The maximum Gasteiger partial charge on any atom is 0.251 e. The highest BCUT2D eigenvalue weighted by molar-refractivity contribution is 7.10. The third-order valence-electron chi connectivity index (χ3n) is 7.00. The van der Waals surface area contributed by atoms with Gasteiger partial charge in [0.25, 0.3) is 5.91 Å². The average molecular weight is 591 g/mol. The van der Waals surface area contributed by atoms with Gasteiger partial charge in [0, 0.05) is 35.3 Å². The molecule has 12 nitrogen and oxygen atoms in total. The molecule has 2 aromatic carbocycles. The number of ether oxygens (including phenoxy) is 4. The minimum atomic E-state index is -0.953. The molecule has 2 atom stereocenters. The van der Waals surface area contributed by atoms with Gasteiger partial charge in [0.05, 0.1) is 13.2 Å². The molecule has 2 aliphatic heterocycles. The van der Waals surface area contributed by atoms with Gasteiger partial charge in [-0.3, -0.25) is 14.5 Å². The van der Waals surface area contributed by atoms with E-state index in [2.05, 4.69) is 20.7 Å². The summed E-state index contributed by atoms with van der Waals surface area (Å²) in [4.78, 5) is 31.3. The third-order valence-corrected chi connectivity index (χ3v) is 7.92. The molecule has 6 rings (SSSR count). The van der Waals surface area contributed by atoms with E-state index in [1.165, 1.54) is 21.0 Å². The monoisotopic (exact) mass is 590 g/mol. The number of benzene rings is 2. The maximum atomic E-state index is 14.1. The average Bonchev–Trinajstić information content (AvgIpc) is 3.82. The topological polar surface area (TPSA) is 130 Å². The molecule has 0 spiro atoms. The number of carbonyl (C=O) groups is 2. The SMILES string of the molecule is COc1ccc(-c2nnn(CC(=O)N(c3ccc4c(c3)OCCO4)[C@H](C(=O)NC[C@@H]3CCCO3)c3cccs3)n2)cc1. The van der Waals surface area contributed by atoms with E-state index in [0.717, 1.165) is 18.4 Å². The Kier molecular flexibility index (Phi) is 8.28. The lowest BCUT2D eigenvalue weighted by molar-refractivity contribution is -0.127. The van der Waals surface area contributed by atoms with Crippen LogP contribution in [0.2, 0.25) is 0 Å². The Morgan fingerprint density at radius 2 is 1.95 bits per heavy atom. The van der Waals surface area contributed by atoms with E-state index < -0.39 is 11.9 Å². The van der Waals surface area contributed by atoms with E-state index >= 15 is 0 Å². The summed E-state index contributed by atoms with van der Waals surface area (Å²) in [5.41, 5.74) is 1.20. The first-order chi connectivity index (χ1) is 20.6. The van der Waals surface area contributed by atoms with Crippen LogP contribution in [0.4, 0.5) is 5.69 Å². The summed E-state index contributed by atoms with van der Waals surface area (Å²) in [5.74, 6) is 1.42. The summed E-state index contributed by atoms with van der Waals surface area (Å²) in [6.07, 6.45) is 1.79. The lowest BCUT2D eigenvalue weighted by Crippen LogP contribution is -2.46. The molecule has 218 valence electrons. The summed E-state index contributed by atoms with van der Waals surface area (Å²) in [6.45, 7) is 1.61. The molecule has 2 aliphatic rings. The number of hydrogen-bond donors (Lipinski definition) is 1. The molecule has 0 bridgehead atoms. The number of hydrogen-bond acceptors (Lipinski definition) is 10. The number of nitrogens with one attached hydrogen (secondary N) is 1. The van der Waals surface area contributed by atoms with Crippen molar-refractivity contribution >= 4 is 28.8 Å². The lowest BCUT2D eigenvalue weighted by atomic mass is 10.1. The molecule has 42 heavy (non-hydrogen) atoms. The first kappa shape index (κ1) is 27.7. The van der Waals surface area contributed by atoms with Gasteiger partial charge in [0.1, 0.15) is 31.5 Å². The van der Waals surface area contributed by atoms with Crippen LogP contribution in [0.1, 0.15) is 23.8 Å². The fourth-order valence-electron chi connectivity index (χ4n) is 4.92. The Labute approximate surface area is 246 Å². The lowest BCUT2D eigenvalue weighted by Gasteiger charge is -2.31. The highest BCUT2D eigenvalue weighted by Gasteiger charge is 2.35. The van der Waals surface area contributed by atoms with Gasteiger partial charge in [-0.25, -0.2) is 0 Å². The fraction of sp³-hybridized carbons (Fsp3) is 0.345. The predicted octanol–water partition coefficient (Wildman–Crippen LogP) is 3.25. The van der Waals surface area contributed by atoms with Gasteiger partial charge in [0.15, 0.2) is 11.5 Å². The second-order valence-corrected chi connectivity index (χ2v) is 10.7. The summed E-state index contributed by atoms with van der Waals surface area (Å²) in [5, 5.41) is 17.6. The first-order valence-corrected chi connectivity index (χ1v) is 14.5.